The summed E-state index contributed by atoms with van der Waals surface area (Å²) in [4.78, 5) is 14.8. The zero-order valence-corrected chi connectivity index (χ0v) is 13.2. The average molecular weight is 290 g/mol. The number of rotatable bonds is 4. The topological polar surface area (TPSA) is 52.6 Å². The molecule has 1 aromatic rings. The second-order valence-corrected chi connectivity index (χ2v) is 6.50. The van der Waals surface area contributed by atoms with Gasteiger partial charge >= 0.3 is 0 Å². The standard InChI is InChI=1S/C17H26N2O2/c1-13(2)19-9-7-17(3,8-10-19)18-16(21)15-6-4-5-14(11-15)12-20/h4-6,11,13,20H,7-10,12H2,1-3H3,(H,18,21). The van der Waals surface area contributed by atoms with Crippen LogP contribution in [0.25, 0.3) is 0 Å². The van der Waals surface area contributed by atoms with Crippen LogP contribution in [-0.2, 0) is 6.61 Å². The monoisotopic (exact) mass is 290 g/mol. The molecule has 0 unspecified atom stereocenters. The van der Waals surface area contributed by atoms with Crippen molar-refractivity contribution < 1.29 is 9.90 Å². The molecule has 1 aliphatic heterocycles. The van der Waals surface area contributed by atoms with E-state index in [2.05, 4.69) is 31.0 Å². The number of aliphatic hydroxyl groups is 1. The maximum atomic E-state index is 12.4. The predicted octanol–water partition coefficient (Wildman–Crippen LogP) is 2.17. The first-order valence-electron chi connectivity index (χ1n) is 7.70. The number of amides is 1. The van der Waals surface area contributed by atoms with E-state index in [9.17, 15) is 4.79 Å². The van der Waals surface area contributed by atoms with E-state index in [0.29, 0.717) is 11.6 Å². The Morgan fingerprint density at radius 3 is 2.62 bits per heavy atom. The van der Waals surface area contributed by atoms with Gasteiger partial charge in [-0.1, -0.05) is 12.1 Å². The molecule has 0 aliphatic carbocycles. The summed E-state index contributed by atoms with van der Waals surface area (Å²) in [5, 5.41) is 12.3. The van der Waals surface area contributed by atoms with Crippen LogP contribution in [0.2, 0.25) is 0 Å². The van der Waals surface area contributed by atoms with Crippen molar-refractivity contribution in [1.82, 2.24) is 10.2 Å². The Balaban J connectivity index is 1.99. The van der Waals surface area contributed by atoms with Crippen LogP contribution in [0.3, 0.4) is 0 Å². The maximum absolute atomic E-state index is 12.4. The highest BCUT2D eigenvalue weighted by Gasteiger charge is 2.32. The van der Waals surface area contributed by atoms with Crippen molar-refractivity contribution >= 4 is 5.91 Å². The van der Waals surface area contributed by atoms with E-state index in [0.717, 1.165) is 31.5 Å². The molecule has 0 radical (unpaired) electrons. The van der Waals surface area contributed by atoms with Gasteiger partial charge < -0.3 is 15.3 Å². The van der Waals surface area contributed by atoms with Crippen LogP contribution in [0, 0.1) is 0 Å². The number of likely N-dealkylation sites (tertiary alicyclic amines) is 1. The molecule has 0 bridgehead atoms. The number of carbonyl (C=O) groups excluding carboxylic acids is 1. The molecule has 0 aromatic heterocycles. The Bertz CT molecular complexity index is 491. The number of piperidine rings is 1. The highest BCUT2D eigenvalue weighted by molar-refractivity contribution is 5.94. The van der Waals surface area contributed by atoms with Gasteiger partial charge in [-0.25, -0.2) is 0 Å². The summed E-state index contributed by atoms with van der Waals surface area (Å²) >= 11 is 0. The Hall–Kier alpha value is -1.39. The van der Waals surface area contributed by atoms with Crippen molar-refractivity contribution in [2.45, 2.75) is 51.8 Å². The Labute approximate surface area is 127 Å². The van der Waals surface area contributed by atoms with Gasteiger partial charge in [0.1, 0.15) is 0 Å². The highest BCUT2D eigenvalue weighted by Crippen LogP contribution is 2.23. The largest absolute Gasteiger partial charge is 0.392 e. The van der Waals surface area contributed by atoms with Crippen molar-refractivity contribution in [2.75, 3.05) is 13.1 Å². The summed E-state index contributed by atoms with van der Waals surface area (Å²) in [6.45, 7) is 8.54. The number of carbonyl (C=O) groups is 1. The molecule has 4 heteroatoms. The molecule has 1 heterocycles. The van der Waals surface area contributed by atoms with Crippen LogP contribution < -0.4 is 5.32 Å². The molecule has 2 rings (SSSR count). The summed E-state index contributed by atoms with van der Waals surface area (Å²) in [5.74, 6) is -0.0502. The van der Waals surface area contributed by atoms with Gasteiger partial charge in [-0.3, -0.25) is 4.79 Å². The van der Waals surface area contributed by atoms with E-state index in [-0.39, 0.29) is 18.1 Å². The minimum atomic E-state index is -0.141. The van der Waals surface area contributed by atoms with Gasteiger partial charge in [0.05, 0.1) is 6.61 Å². The van der Waals surface area contributed by atoms with Gasteiger partial charge in [0, 0.05) is 30.2 Å². The molecule has 1 fully saturated rings. The van der Waals surface area contributed by atoms with Crippen LogP contribution in [-0.4, -0.2) is 40.6 Å². The fourth-order valence-corrected chi connectivity index (χ4v) is 2.82. The second kappa shape index (κ2) is 6.58. The average Bonchev–Trinajstić information content (AvgIpc) is 2.47. The molecular formula is C17H26N2O2. The lowest BCUT2D eigenvalue weighted by Gasteiger charge is -2.41. The summed E-state index contributed by atoms with van der Waals surface area (Å²) in [7, 11) is 0. The first-order chi connectivity index (χ1) is 9.93. The van der Waals surface area contributed by atoms with E-state index in [1.807, 2.05) is 12.1 Å². The van der Waals surface area contributed by atoms with Crippen LogP contribution in [0.15, 0.2) is 24.3 Å². The Morgan fingerprint density at radius 2 is 2.05 bits per heavy atom. The van der Waals surface area contributed by atoms with Gasteiger partial charge in [0.15, 0.2) is 0 Å². The van der Waals surface area contributed by atoms with Crippen molar-refractivity contribution in [3.63, 3.8) is 0 Å². The first-order valence-corrected chi connectivity index (χ1v) is 7.70. The molecular weight excluding hydrogens is 264 g/mol. The van der Waals surface area contributed by atoms with Crippen LogP contribution in [0.1, 0.15) is 49.5 Å². The van der Waals surface area contributed by atoms with Gasteiger partial charge in [0.2, 0.25) is 0 Å². The molecule has 0 saturated carbocycles. The number of nitrogens with one attached hydrogen (secondary N) is 1. The third-order valence-corrected chi connectivity index (χ3v) is 4.42. The molecule has 116 valence electrons. The minimum Gasteiger partial charge on any atom is -0.392 e. The van der Waals surface area contributed by atoms with Crippen LogP contribution >= 0.6 is 0 Å². The van der Waals surface area contributed by atoms with E-state index >= 15 is 0 Å². The summed E-state index contributed by atoms with van der Waals surface area (Å²) in [5.41, 5.74) is 1.24. The van der Waals surface area contributed by atoms with Crippen molar-refractivity contribution in [3.05, 3.63) is 35.4 Å². The number of aliphatic hydroxyl groups excluding tert-OH is 1. The van der Waals surface area contributed by atoms with Crippen molar-refractivity contribution in [3.8, 4) is 0 Å². The number of nitrogens with zero attached hydrogens (tertiary/aromatic N) is 1. The molecule has 0 spiro atoms. The molecule has 0 atom stereocenters. The van der Waals surface area contributed by atoms with Crippen molar-refractivity contribution in [1.29, 1.82) is 0 Å². The van der Waals surface area contributed by atoms with E-state index in [4.69, 9.17) is 5.11 Å². The quantitative estimate of drug-likeness (QED) is 0.893. The number of hydrogen-bond acceptors (Lipinski definition) is 3. The summed E-state index contributed by atoms with van der Waals surface area (Å²) in [6.07, 6.45) is 1.94. The third kappa shape index (κ3) is 4.05. The zero-order valence-electron chi connectivity index (χ0n) is 13.2. The molecule has 1 aliphatic rings. The minimum absolute atomic E-state index is 0.0399. The van der Waals surface area contributed by atoms with Crippen LogP contribution in [0.5, 0.6) is 0 Å². The van der Waals surface area contributed by atoms with Gasteiger partial charge in [-0.2, -0.15) is 0 Å². The normalized spacial score (nSPS) is 18.7. The third-order valence-electron chi connectivity index (χ3n) is 4.42. The van der Waals surface area contributed by atoms with Gasteiger partial charge in [-0.05, 0) is 51.3 Å². The lowest BCUT2D eigenvalue weighted by atomic mass is 9.88. The van der Waals surface area contributed by atoms with E-state index in [1.165, 1.54) is 0 Å². The zero-order chi connectivity index (χ0) is 15.5. The lowest BCUT2D eigenvalue weighted by Crippen LogP contribution is -2.54. The lowest BCUT2D eigenvalue weighted by molar-refractivity contribution is 0.0801. The number of benzene rings is 1. The van der Waals surface area contributed by atoms with Crippen LogP contribution in [0.4, 0.5) is 0 Å². The highest BCUT2D eigenvalue weighted by atomic mass is 16.3. The van der Waals surface area contributed by atoms with Crippen molar-refractivity contribution in [2.24, 2.45) is 0 Å². The fraction of sp³-hybridized carbons (Fsp3) is 0.588. The molecule has 4 nitrogen and oxygen atoms in total. The maximum Gasteiger partial charge on any atom is 0.251 e. The van der Waals surface area contributed by atoms with E-state index in [1.54, 1.807) is 12.1 Å². The molecule has 1 amide bonds. The Morgan fingerprint density at radius 1 is 1.38 bits per heavy atom. The van der Waals surface area contributed by atoms with Gasteiger partial charge in [0.25, 0.3) is 5.91 Å². The SMILES string of the molecule is CC(C)N1CCC(C)(NC(=O)c2cccc(CO)c2)CC1. The summed E-state index contributed by atoms with van der Waals surface area (Å²) in [6, 6.07) is 7.74. The number of hydrogen-bond donors (Lipinski definition) is 2. The van der Waals surface area contributed by atoms with Gasteiger partial charge in [-0.15, -0.1) is 0 Å². The second-order valence-electron chi connectivity index (χ2n) is 6.50. The fourth-order valence-electron chi connectivity index (χ4n) is 2.82. The van der Waals surface area contributed by atoms with E-state index < -0.39 is 0 Å². The molecule has 1 saturated heterocycles. The molecule has 1 aromatic carbocycles. The smallest absolute Gasteiger partial charge is 0.251 e. The predicted molar refractivity (Wildman–Crippen MR) is 84.2 cm³/mol. The Kier molecular flexibility index (Phi) is 5.01. The first kappa shape index (κ1) is 16.0. The molecule has 2 N–H and O–H groups in total. The molecule has 21 heavy (non-hydrogen) atoms. The summed E-state index contributed by atoms with van der Waals surface area (Å²) < 4.78 is 0.